The van der Waals surface area contributed by atoms with E-state index in [1.165, 1.54) is 0 Å². The number of allylic oxidation sites excluding steroid dienone is 3. The first-order chi connectivity index (χ1) is 4.81. The van der Waals surface area contributed by atoms with E-state index in [2.05, 4.69) is 5.32 Å². The molecule has 0 spiro atoms. The fraction of sp³-hybridized carbons (Fsp3) is 0.500. The van der Waals surface area contributed by atoms with Gasteiger partial charge < -0.3 is 10.1 Å². The molecule has 0 aromatic heterocycles. The minimum Gasteiger partial charge on any atom is -0.392 e. The first kappa shape index (κ1) is 9.24. The molecule has 0 fully saturated rings. The molecule has 2 nitrogen and oxygen atoms in total. The molecular weight excluding hydrogens is 126 g/mol. The maximum atomic E-state index is 4.82. The Balaban J connectivity index is 3.49. The summed E-state index contributed by atoms with van der Waals surface area (Å²) >= 11 is 0. The summed E-state index contributed by atoms with van der Waals surface area (Å²) in [5.41, 5.74) is 1.15. The normalized spacial score (nSPS) is 12.5. The maximum Gasteiger partial charge on any atom is 0.0646 e. The van der Waals surface area contributed by atoms with Gasteiger partial charge in [-0.3, -0.25) is 0 Å². The summed E-state index contributed by atoms with van der Waals surface area (Å²) in [6.45, 7) is 2.69. The van der Waals surface area contributed by atoms with Crippen LogP contribution in [0.25, 0.3) is 0 Å². The quantitative estimate of drug-likeness (QED) is 0.596. The minimum absolute atomic E-state index is 0.674. The van der Waals surface area contributed by atoms with Crippen LogP contribution >= 0.6 is 0 Å². The second kappa shape index (κ2) is 6.36. The van der Waals surface area contributed by atoms with Gasteiger partial charge in [-0.1, -0.05) is 12.2 Å². The summed E-state index contributed by atoms with van der Waals surface area (Å²) in [7, 11) is 3.58. The van der Waals surface area contributed by atoms with Gasteiger partial charge in [-0.05, 0) is 13.0 Å². The fourth-order valence-corrected chi connectivity index (χ4v) is 0.447. The van der Waals surface area contributed by atoms with Crippen molar-refractivity contribution in [3.05, 3.63) is 23.9 Å². The zero-order chi connectivity index (χ0) is 7.82. The minimum atomic E-state index is 0.674. The van der Waals surface area contributed by atoms with Crippen LogP contribution in [0.1, 0.15) is 6.92 Å². The number of rotatable bonds is 4. The van der Waals surface area contributed by atoms with Crippen molar-refractivity contribution in [3.8, 4) is 0 Å². The number of methoxy groups -OCH3 is 1. The van der Waals surface area contributed by atoms with Gasteiger partial charge in [0.2, 0.25) is 0 Å². The van der Waals surface area contributed by atoms with Crippen molar-refractivity contribution in [2.24, 2.45) is 0 Å². The molecule has 0 aromatic carbocycles. The highest BCUT2D eigenvalue weighted by molar-refractivity contribution is 5.08. The highest BCUT2D eigenvalue weighted by Gasteiger charge is 1.75. The molecule has 10 heavy (non-hydrogen) atoms. The van der Waals surface area contributed by atoms with E-state index in [1.54, 1.807) is 7.11 Å². The lowest BCUT2D eigenvalue weighted by molar-refractivity contribution is 0.234. The monoisotopic (exact) mass is 141 g/mol. The Kier molecular flexibility index (Phi) is 5.88. The Bertz CT molecular complexity index is 127. The van der Waals surface area contributed by atoms with E-state index in [0.717, 1.165) is 5.70 Å². The predicted molar refractivity (Wildman–Crippen MR) is 43.8 cm³/mol. The average Bonchev–Trinajstić information content (AvgIpc) is 1.98. The van der Waals surface area contributed by atoms with E-state index in [1.807, 2.05) is 32.2 Å². The molecule has 0 saturated heterocycles. The van der Waals surface area contributed by atoms with Crippen LogP contribution in [0.15, 0.2) is 23.9 Å². The summed E-state index contributed by atoms with van der Waals surface area (Å²) < 4.78 is 4.82. The maximum absolute atomic E-state index is 4.82. The van der Waals surface area contributed by atoms with E-state index in [9.17, 15) is 0 Å². The van der Waals surface area contributed by atoms with Crippen LogP contribution in [0.3, 0.4) is 0 Å². The van der Waals surface area contributed by atoms with Crippen LogP contribution in [0.4, 0.5) is 0 Å². The molecule has 0 aliphatic rings. The van der Waals surface area contributed by atoms with Gasteiger partial charge >= 0.3 is 0 Å². The number of hydrogen-bond acceptors (Lipinski definition) is 2. The molecule has 58 valence electrons. The summed E-state index contributed by atoms with van der Waals surface area (Å²) in [6.07, 6.45) is 5.93. The van der Waals surface area contributed by atoms with E-state index in [-0.39, 0.29) is 0 Å². The fourth-order valence-electron chi connectivity index (χ4n) is 0.447. The molecule has 0 atom stereocenters. The molecule has 0 saturated carbocycles. The standard InChI is InChI=1S/C8H15NO/c1-8(9-2)6-4-5-7-10-3/h4-6,9H,7H2,1-3H3/b5-4-,8-6-. The molecule has 0 aromatic rings. The molecular formula is C8H15NO. The van der Waals surface area contributed by atoms with Gasteiger partial charge in [0.1, 0.15) is 0 Å². The van der Waals surface area contributed by atoms with Gasteiger partial charge in [-0.2, -0.15) is 0 Å². The second-order valence-electron chi connectivity index (χ2n) is 1.98. The van der Waals surface area contributed by atoms with Crippen molar-refractivity contribution >= 4 is 0 Å². The van der Waals surface area contributed by atoms with Crippen molar-refractivity contribution in [2.45, 2.75) is 6.92 Å². The van der Waals surface area contributed by atoms with Gasteiger partial charge in [0.25, 0.3) is 0 Å². The lowest BCUT2D eigenvalue weighted by Crippen LogP contribution is -2.00. The van der Waals surface area contributed by atoms with Gasteiger partial charge in [0.05, 0.1) is 6.61 Å². The average molecular weight is 141 g/mol. The van der Waals surface area contributed by atoms with Crippen LogP contribution in [0.5, 0.6) is 0 Å². The molecule has 0 bridgehead atoms. The molecule has 1 N–H and O–H groups in total. The predicted octanol–water partition coefficient (Wildman–Crippen LogP) is 1.31. The molecule has 0 amide bonds. The highest BCUT2D eigenvalue weighted by Crippen LogP contribution is 1.85. The van der Waals surface area contributed by atoms with Gasteiger partial charge in [0, 0.05) is 19.9 Å². The number of nitrogens with one attached hydrogen (secondary N) is 1. The van der Waals surface area contributed by atoms with Crippen molar-refractivity contribution in [1.29, 1.82) is 0 Å². The van der Waals surface area contributed by atoms with E-state index in [0.29, 0.717) is 6.61 Å². The topological polar surface area (TPSA) is 21.3 Å². The van der Waals surface area contributed by atoms with E-state index in [4.69, 9.17) is 4.74 Å². The lowest BCUT2D eigenvalue weighted by Gasteiger charge is -1.93. The lowest BCUT2D eigenvalue weighted by atomic mass is 10.4. The Morgan fingerprint density at radius 2 is 2.30 bits per heavy atom. The zero-order valence-corrected chi connectivity index (χ0v) is 6.85. The molecule has 0 radical (unpaired) electrons. The third kappa shape index (κ3) is 5.38. The first-order valence-electron chi connectivity index (χ1n) is 3.31. The third-order valence-electron chi connectivity index (χ3n) is 1.14. The van der Waals surface area contributed by atoms with Gasteiger partial charge in [-0.15, -0.1) is 0 Å². The molecule has 0 aliphatic carbocycles. The van der Waals surface area contributed by atoms with Crippen molar-refractivity contribution in [3.63, 3.8) is 0 Å². The smallest absolute Gasteiger partial charge is 0.0646 e. The molecule has 0 rings (SSSR count). The molecule has 0 heterocycles. The SMILES string of the molecule is CN/C(C)=C\C=C/COC. The zero-order valence-electron chi connectivity index (χ0n) is 6.85. The largest absolute Gasteiger partial charge is 0.392 e. The van der Waals surface area contributed by atoms with Crippen LogP contribution < -0.4 is 5.32 Å². The summed E-state index contributed by atoms with van der Waals surface area (Å²) in [5, 5.41) is 3.01. The Hall–Kier alpha value is -0.760. The molecule has 0 aliphatic heterocycles. The number of hydrogen-bond donors (Lipinski definition) is 1. The summed E-state index contributed by atoms with van der Waals surface area (Å²) in [4.78, 5) is 0. The van der Waals surface area contributed by atoms with Crippen molar-refractivity contribution < 1.29 is 4.74 Å². The van der Waals surface area contributed by atoms with E-state index < -0.39 is 0 Å². The molecule has 2 heteroatoms. The summed E-state index contributed by atoms with van der Waals surface area (Å²) in [6, 6.07) is 0. The van der Waals surface area contributed by atoms with Crippen molar-refractivity contribution in [1.82, 2.24) is 5.32 Å². The Morgan fingerprint density at radius 3 is 2.80 bits per heavy atom. The highest BCUT2D eigenvalue weighted by atomic mass is 16.5. The Labute approximate surface area is 62.6 Å². The van der Waals surface area contributed by atoms with Crippen molar-refractivity contribution in [2.75, 3.05) is 20.8 Å². The molecule has 0 unspecified atom stereocenters. The third-order valence-corrected chi connectivity index (χ3v) is 1.14. The Morgan fingerprint density at radius 1 is 1.60 bits per heavy atom. The van der Waals surface area contributed by atoms with Crippen LogP contribution in [-0.4, -0.2) is 20.8 Å². The first-order valence-corrected chi connectivity index (χ1v) is 3.31. The van der Waals surface area contributed by atoms with Crippen LogP contribution in [0.2, 0.25) is 0 Å². The second-order valence-corrected chi connectivity index (χ2v) is 1.98. The summed E-state index contributed by atoms with van der Waals surface area (Å²) in [5.74, 6) is 0. The number of ether oxygens (including phenoxy) is 1. The van der Waals surface area contributed by atoms with Crippen LogP contribution in [-0.2, 0) is 4.74 Å². The van der Waals surface area contributed by atoms with Gasteiger partial charge in [-0.25, -0.2) is 0 Å². The van der Waals surface area contributed by atoms with Gasteiger partial charge in [0.15, 0.2) is 0 Å². The van der Waals surface area contributed by atoms with Crippen LogP contribution in [0, 0.1) is 0 Å². The van der Waals surface area contributed by atoms with E-state index >= 15 is 0 Å².